The van der Waals surface area contributed by atoms with Gasteiger partial charge in [0.15, 0.2) is 0 Å². The van der Waals surface area contributed by atoms with Crippen LogP contribution < -0.4 is 10.5 Å². The summed E-state index contributed by atoms with van der Waals surface area (Å²) in [6.07, 6.45) is 0.946. The molecule has 4 nitrogen and oxygen atoms in total. The number of rotatable bonds is 8. The molecule has 1 aromatic rings. The second-order valence-electron chi connectivity index (χ2n) is 3.53. The van der Waals surface area contributed by atoms with E-state index in [1.54, 1.807) is 17.8 Å². The van der Waals surface area contributed by atoms with Gasteiger partial charge in [-0.2, -0.15) is 11.8 Å². The largest absolute Gasteiger partial charge is 0.493 e. The monoisotopic (exact) mass is 255 g/mol. The fourth-order valence-corrected chi connectivity index (χ4v) is 2.00. The van der Waals surface area contributed by atoms with Gasteiger partial charge < -0.3 is 15.6 Å². The van der Waals surface area contributed by atoms with Crippen LogP contribution in [0.15, 0.2) is 24.3 Å². The molecule has 0 aliphatic carbocycles. The molecule has 0 heterocycles. The average Bonchev–Trinajstić information content (AvgIpc) is 2.27. The first-order chi connectivity index (χ1) is 8.18. The number of carbonyl (C=O) groups is 1. The van der Waals surface area contributed by atoms with Gasteiger partial charge in [0, 0.05) is 23.9 Å². The molecule has 94 valence electrons. The van der Waals surface area contributed by atoms with Crippen LogP contribution in [-0.2, 0) is 4.79 Å². The number of carboxylic acids is 1. The summed E-state index contributed by atoms with van der Waals surface area (Å²) in [7, 11) is 0. The molecule has 0 aromatic heterocycles. The zero-order valence-corrected chi connectivity index (χ0v) is 10.4. The van der Waals surface area contributed by atoms with Crippen molar-refractivity contribution in [2.45, 2.75) is 12.8 Å². The van der Waals surface area contributed by atoms with Crippen LogP contribution in [0.2, 0.25) is 0 Å². The molecule has 0 bridgehead atoms. The van der Waals surface area contributed by atoms with Gasteiger partial charge in [0.1, 0.15) is 5.75 Å². The van der Waals surface area contributed by atoms with Gasteiger partial charge in [0.25, 0.3) is 0 Å². The van der Waals surface area contributed by atoms with Gasteiger partial charge in [-0.3, -0.25) is 4.79 Å². The van der Waals surface area contributed by atoms with Gasteiger partial charge in [-0.25, -0.2) is 0 Å². The fraction of sp³-hybridized carbons (Fsp3) is 0.417. The Balaban J connectivity index is 2.03. The van der Waals surface area contributed by atoms with Gasteiger partial charge in [-0.15, -0.1) is 0 Å². The van der Waals surface area contributed by atoms with Crippen LogP contribution in [0.1, 0.15) is 12.8 Å². The van der Waals surface area contributed by atoms with Crippen molar-refractivity contribution in [2.24, 2.45) is 0 Å². The first-order valence-corrected chi connectivity index (χ1v) is 6.62. The summed E-state index contributed by atoms with van der Waals surface area (Å²) in [4.78, 5) is 10.3. The van der Waals surface area contributed by atoms with Gasteiger partial charge in [-0.1, -0.05) is 6.07 Å². The van der Waals surface area contributed by atoms with E-state index in [1.165, 1.54) is 0 Å². The average molecular weight is 255 g/mol. The van der Waals surface area contributed by atoms with Crippen LogP contribution in [-0.4, -0.2) is 29.2 Å². The SMILES string of the molecule is Nc1cccc(OCCSCCCC(=O)O)c1. The number of ether oxygens (including phenoxy) is 1. The lowest BCUT2D eigenvalue weighted by atomic mass is 10.3. The fourth-order valence-electron chi connectivity index (χ4n) is 1.25. The molecule has 0 fully saturated rings. The van der Waals surface area contributed by atoms with Gasteiger partial charge >= 0.3 is 5.97 Å². The van der Waals surface area contributed by atoms with E-state index in [0.29, 0.717) is 18.7 Å². The van der Waals surface area contributed by atoms with Crippen LogP contribution >= 0.6 is 11.8 Å². The molecule has 0 saturated carbocycles. The Labute approximate surface area is 105 Å². The van der Waals surface area contributed by atoms with Crippen molar-refractivity contribution in [3.63, 3.8) is 0 Å². The molecule has 1 rings (SSSR count). The van der Waals surface area contributed by atoms with E-state index in [9.17, 15) is 4.79 Å². The lowest BCUT2D eigenvalue weighted by Gasteiger charge is -2.06. The van der Waals surface area contributed by atoms with Gasteiger partial charge in [0.2, 0.25) is 0 Å². The van der Waals surface area contributed by atoms with Crippen molar-refractivity contribution in [1.29, 1.82) is 0 Å². The maximum Gasteiger partial charge on any atom is 0.303 e. The van der Waals surface area contributed by atoms with E-state index in [1.807, 2.05) is 18.2 Å². The lowest BCUT2D eigenvalue weighted by molar-refractivity contribution is -0.137. The smallest absolute Gasteiger partial charge is 0.303 e. The third kappa shape index (κ3) is 6.73. The minimum Gasteiger partial charge on any atom is -0.493 e. The normalized spacial score (nSPS) is 10.1. The lowest BCUT2D eigenvalue weighted by Crippen LogP contribution is -2.02. The number of carboxylic acid groups (broad SMARTS) is 1. The highest BCUT2D eigenvalue weighted by molar-refractivity contribution is 7.99. The van der Waals surface area contributed by atoms with Crippen LogP contribution in [0.5, 0.6) is 5.75 Å². The zero-order valence-electron chi connectivity index (χ0n) is 9.59. The van der Waals surface area contributed by atoms with Crippen molar-refractivity contribution < 1.29 is 14.6 Å². The van der Waals surface area contributed by atoms with Crippen LogP contribution in [0.4, 0.5) is 5.69 Å². The van der Waals surface area contributed by atoms with Crippen molar-refractivity contribution in [1.82, 2.24) is 0 Å². The summed E-state index contributed by atoms with van der Waals surface area (Å²) in [6, 6.07) is 7.32. The standard InChI is InChI=1S/C12H17NO3S/c13-10-3-1-4-11(9-10)16-6-8-17-7-2-5-12(14)15/h1,3-4,9H,2,5-8,13H2,(H,14,15). The third-order valence-electron chi connectivity index (χ3n) is 2.03. The van der Waals surface area contributed by atoms with E-state index < -0.39 is 5.97 Å². The molecule has 0 aliphatic heterocycles. The Hall–Kier alpha value is -1.36. The van der Waals surface area contributed by atoms with Gasteiger partial charge in [0.05, 0.1) is 6.61 Å². The Kier molecular flexibility index (Phi) is 6.32. The minimum atomic E-state index is -0.735. The van der Waals surface area contributed by atoms with Crippen molar-refractivity contribution in [3.05, 3.63) is 24.3 Å². The van der Waals surface area contributed by atoms with E-state index in [-0.39, 0.29) is 6.42 Å². The molecule has 0 unspecified atom stereocenters. The van der Waals surface area contributed by atoms with Crippen molar-refractivity contribution >= 4 is 23.4 Å². The molecular weight excluding hydrogens is 238 g/mol. The van der Waals surface area contributed by atoms with Crippen LogP contribution in [0.3, 0.4) is 0 Å². The summed E-state index contributed by atoms with van der Waals surface area (Å²) < 4.78 is 5.50. The Morgan fingerprint density at radius 3 is 2.94 bits per heavy atom. The number of nitrogens with two attached hydrogens (primary N) is 1. The molecule has 0 spiro atoms. The Bertz CT molecular complexity index is 357. The number of aliphatic carboxylic acids is 1. The second kappa shape index (κ2) is 7.84. The Morgan fingerprint density at radius 1 is 1.41 bits per heavy atom. The molecule has 0 aliphatic rings. The second-order valence-corrected chi connectivity index (χ2v) is 4.76. The maximum absolute atomic E-state index is 10.3. The maximum atomic E-state index is 10.3. The first-order valence-electron chi connectivity index (χ1n) is 5.46. The van der Waals surface area contributed by atoms with E-state index >= 15 is 0 Å². The molecule has 3 N–H and O–H groups in total. The van der Waals surface area contributed by atoms with Crippen LogP contribution in [0.25, 0.3) is 0 Å². The third-order valence-corrected chi connectivity index (χ3v) is 3.07. The molecular formula is C12H17NO3S. The molecule has 17 heavy (non-hydrogen) atoms. The predicted octanol–water partition coefficient (Wildman–Crippen LogP) is 2.25. The highest BCUT2D eigenvalue weighted by Crippen LogP contribution is 2.15. The molecule has 1 aromatic carbocycles. The van der Waals surface area contributed by atoms with Crippen molar-refractivity contribution in [3.8, 4) is 5.75 Å². The zero-order chi connectivity index (χ0) is 12.5. The quantitative estimate of drug-likeness (QED) is 0.550. The number of hydrogen-bond acceptors (Lipinski definition) is 4. The summed E-state index contributed by atoms with van der Waals surface area (Å²) in [5, 5.41) is 8.45. The van der Waals surface area contributed by atoms with Gasteiger partial charge in [-0.05, 0) is 24.3 Å². The van der Waals surface area contributed by atoms with E-state index in [4.69, 9.17) is 15.6 Å². The van der Waals surface area contributed by atoms with E-state index in [0.717, 1.165) is 17.3 Å². The molecule has 0 saturated heterocycles. The van der Waals surface area contributed by atoms with Crippen molar-refractivity contribution in [2.75, 3.05) is 23.8 Å². The molecule has 5 heteroatoms. The highest BCUT2D eigenvalue weighted by atomic mass is 32.2. The number of hydrogen-bond donors (Lipinski definition) is 2. The predicted molar refractivity (Wildman–Crippen MR) is 70.5 cm³/mol. The Morgan fingerprint density at radius 2 is 2.24 bits per heavy atom. The summed E-state index contributed by atoms with van der Waals surface area (Å²) in [5.41, 5.74) is 6.31. The summed E-state index contributed by atoms with van der Waals surface area (Å²) in [6.45, 7) is 0.612. The number of thioether (sulfide) groups is 1. The molecule has 0 radical (unpaired) electrons. The summed E-state index contributed by atoms with van der Waals surface area (Å²) >= 11 is 1.70. The van der Waals surface area contributed by atoms with Crippen LogP contribution in [0, 0.1) is 0 Å². The topological polar surface area (TPSA) is 72.5 Å². The number of nitrogen functional groups attached to an aromatic ring is 1. The number of benzene rings is 1. The molecule has 0 atom stereocenters. The highest BCUT2D eigenvalue weighted by Gasteiger charge is 1.97. The first kappa shape index (κ1) is 13.7. The molecule has 0 amide bonds. The van der Waals surface area contributed by atoms with E-state index in [2.05, 4.69) is 0 Å². The minimum absolute atomic E-state index is 0.239. The summed E-state index contributed by atoms with van der Waals surface area (Å²) in [5.74, 6) is 1.75. The number of anilines is 1.